The number of halogens is 1. The standard InChI is InChI=1S/C20H21FN4O3/c21-15-4-1-3-14(11-15)18(25-6-9-27-10-7-25)13-22-20(26)17-12-16(23-24-17)19-5-2-8-28-19/h1-5,8,11-12,18H,6-7,9-10,13H2,(H,22,26)(H,23,24). The number of furan rings is 1. The highest BCUT2D eigenvalue weighted by atomic mass is 19.1. The molecule has 146 valence electrons. The Bertz CT molecular complexity index is 919. The lowest BCUT2D eigenvalue weighted by Gasteiger charge is -2.34. The molecule has 1 atom stereocenters. The Labute approximate surface area is 161 Å². The first kappa shape index (κ1) is 18.4. The molecule has 8 heteroatoms. The molecule has 7 nitrogen and oxygen atoms in total. The number of carbonyl (C=O) groups is 1. The second kappa shape index (κ2) is 8.37. The molecule has 0 spiro atoms. The minimum Gasteiger partial charge on any atom is -0.463 e. The number of ether oxygens (including phenoxy) is 1. The molecule has 4 rings (SSSR count). The zero-order valence-electron chi connectivity index (χ0n) is 15.2. The van der Waals surface area contributed by atoms with Crippen LogP contribution in [0.5, 0.6) is 0 Å². The quantitative estimate of drug-likeness (QED) is 0.683. The lowest BCUT2D eigenvalue weighted by atomic mass is 10.0. The maximum atomic E-state index is 13.7. The molecule has 1 fully saturated rings. The third kappa shape index (κ3) is 4.13. The van der Waals surface area contributed by atoms with Crippen LogP contribution in [0.25, 0.3) is 11.5 Å². The van der Waals surface area contributed by atoms with E-state index in [1.807, 2.05) is 6.07 Å². The molecule has 1 aliphatic heterocycles. The molecule has 3 aromatic rings. The molecule has 0 saturated carbocycles. The number of hydrogen-bond donors (Lipinski definition) is 2. The molecule has 28 heavy (non-hydrogen) atoms. The molecule has 1 amide bonds. The van der Waals surface area contributed by atoms with Gasteiger partial charge in [-0.25, -0.2) is 4.39 Å². The van der Waals surface area contributed by atoms with Crippen LogP contribution in [0.2, 0.25) is 0 Å². The Kier molecular flexibility index (Phi) is 5.50. The normalized spacial score (nSPS) is 16.0. The average molecular weight is 384 g/mol. The number of nitrogens with one attached hydrogen (secondary N) is 2. The second-order valence-corrected chi connectivity index (χ2v) is 6.57. The summed E-state index contributed by atoms with van der Waals surface area (Å²) in [4.78, 5) is 14.8. The predicted octanol–water partition coefficient (Wildman–Crippen LogP) is 2.61. The van der Waals surface area contributed by atoms with Crippen LogP contribution in [0, 0.1) is 5.82 Å². The highest BCUT2D eigenvalue weighted by Gasteiger charge is 2.24. The number of rotatable bonds is 6. The zero-order valence-corrected chi connectivity index (χ0v) is 15.2. The molecular formula is C20H21FN4O3. The Morgan fingerprint density at radius 3 is 2.86 bits per heavy atom. The predicted molar refractivity (Wildman–Crippen MR) is 100 cm³/mol. The van der Waals surface area contributed by atoms with E-state index in [0.29, 0.717) is 31.2 Å². The van der Waals surface area contributed by atoms with Crippen molar-refractivity contribution in [3.8, 4) is 11.5 Å². The van der Waals surface area contributed by atoms with E-state index in [2.05, 4.69) is 20.4 Å². The van der Waals surface area contributed by atoms with Crippen molar-refractivity contribution in [3.63, 3.8) is 0 Å². The first-order valence-electron chi connectivity index (χ1n) is 9.15. The van der Waals surface area contributed by atoms with Gasteiger partial charge in [-0.1, -0.05) is 12.1 Å². The van der Waals surface area contributed by atoms with E-state index in [1.54, 1.807) is 30.5 Å². The Hall–Kier alpha value is -2.97. The van der Waals surface area contributed by atoms with Gasteiger partial charge < -0.3 is 14.5 Å². The number of aromatic nitrogens is 2. The van der Waals surface area contributed by atoms with E-state index in [1.165, 1.54) is 12.1 Å². The van der Waals surface area contributed by atoms with Crippen molar-refractivity contribution >= 4 is 5.91 Å². The summed E-state index contributed by atoms with van der Waals surface area (Å²) in [6, 6.07) is 11.5. The van der Waals surface area contributed by atoms with E-state index in [9.17, 15) is 9.18 Å². The maximum Gasteiger partial charge on any atom is 0.271 e. The molecule has 1 saturated heterocycles. The fourth-order valence-electron chi connectivity index (χ4n) is 3.34. The first-order chi connectivity index (χ1) is 13.7. The van der Waals surface area contributed by atoms with Crippen LogP contribution in [-0.4, -0.2) is 53.9 Å². The molecule has 1 unspecified atom stereocenters. The van der Waals surface area contributed by atoms with Crippen molar-refractivity contribution in [2.45, 2.75) is 6.04 Å². The summed E-state index contributed by atoms with van der Waals surface area (Å²) in [7, 11) is 0. The summed E-state index contributed by atoms with van der Waals surface area (Å²) in [5, 5.41) is 9.77. The number of H-pyrrole nitrogens is 1. The summed E-state index contributed by atoms with van der Waals surface area (Å²) in [6.07, 6.45) is 1.56. The van der Waals surface area contributed by atoms with Gasteiger partial charge in [0.15, 0.2) is 11.5 Å². The number of nitrogens with zero attached hydrogens (tertiary/aromatic N) is 2. The van der Waals surface area contributed by atoms with Crippen molar-refractivity contribution in [3.05, 3.63) is 65.8 Å². The van der Waals surface area contributed by atoms with E-state index >= 15 is 0 Å². The molecule has 1 aromatic carbocycles. The van der Waals surface area contributed by atoms with Gasteiger partial charge >= 0.3 is 0 Å². The van der Waals surface area contributed by atoms with Gasteiger partial charge in [0, 0.05) is 25.7 Å². The van der Waals surface area contributed by atoms with Crippen LogP contribution in [0.15, 0.2) is 53.1 Å². The number of benzene rings is 1. The summed E-state index contributed by atoms with van der Waals surface area (Å²) in [6.45, 7) is 3.02. The van der Waals surface area contributed by atoms with Gasteiger partial charge in [0.05, 0.1) is 25.5 Å². The highest BCUT2D eigenvalue weighted by molar-refractivity contribution is 5.93. The van der Waals surface area contributed by atoms with Crippen LogP contribution >= 0.6 is 0 Å². The third-order valence-corrected chi connectivity index (χ3v) is 4.77. The number of hydrogen-bond acceptors (Lipinski definition) is 5. The Morgan fingerprint density at radius 1 is 1.25 bits per heavy atom. The fraction of sp³-hybridized carbons (Fsp3) is 0.300. The summed E-state index contributed by atoms with van der Waals surface area (Å²) in [5.41, 5.74) is 1.72. The SMILES string of the molecule is O=C(NCC(c1cccc(F)c1)N1CCOCC1)c1cc(-c2ccco2)[nH]n1. The number of aromatic amines is 1. The first-order valence-corrected chi connectivity index (χ1v) is 9.15. The number of amides is 1. The third-order valence-electron chi connectivity index (χ3n) is 4.77. The second-order valence-electron chi connectivity index (χ2n) is 6.57. The van der Waals surface area contributed by atoms with E-state index < -0.39 is 0 Å². The minimum atomic E-state index is -0.302. The van der Waals surface area contributed by atoms with Crippen molar-refractivity contribution in [1.29, 1.82) is 0 Å². The highest BCUT2D eigenvalue weighted by Crippen LogP contribution is 2.22. The van der Waals surface area contributed by atoms with Gasteiger partial charge in [-0.2, -0.15) is 5.10 Å². The lowest BCUT2D eigenvalue weighted by molar-refractivity contribution is 0.0161. The van der Waals surface area contributed by atoms with Crippen LogP contribution in [-0.2, 0) is 4.74 Å². The topological polar surface area (TPSA) is 83.4 Å². The minimum absolute atomic E-state index is 0.146. The molecule has 1 aliphatic rings. The fourth-order valence-corrected chi connectivity index (χ4v) is 3.34. The molecule has 2 aromatic heterocycles. The van der Waals surface area contributed by atoms with Gasteiger partial charge in [-0.05, 0) is 29.8 Å². The number of carbonyl (C=O) groups excluding carboxylic acids is 1. The van der Waals surface area contributed by atoms with E-state index in [-0.39, 0.29) is 23.5 Å². The van der Waals surface area contributed by atoms with Crippen LogP contribution in [0.3, 0.4) is 0 Å². The molecule has 0 aliphatic carbocycles. The van der Waals surface area contributed by atoms with Gasteiger partial charge in [0.25, 0.3) is 5.91 Å². The van der Waals surface area contributed by atoms with Gasteiger partial charge in [0.2, 0.25) is 0 Å². The van der Waals surface area contributed by atoms with Gasteiger partial charge in [-0.3, -0.25) is 14.8 Å². The van der Waals surface area contributed by atoms with Crippen molar-refractivity contribution in [2.75, 3.05) is 32.8 Å². The lowest BCUT2D eigenvalue weighted by Crippen LogP contribution is -2.43. The summed E-state index contributed by atoms with van der Waals surface area (Å²) in [5.74, 6) is 0.0127. The van der Waals surface area contributed by atoms with Gasteiger partial charge in [0.1, 0.15) is 11.5 Å². The van der Waals surface area contributed by atoms with Crippen molar-refractivity contribution in [1.82, 2.24) is 20.4 Å². The van der Waals surface area contributed by atoms with Gasteiger partial charge in [-0.15, -0.1) is 0 Å². The average Bonchev–Trinajstić information content (AvgIpc) is 3.41. The summed E-state index contributed by atoms with van der Waals surface area (Å²) < 4.78 is 24.5. The van der Waals surface area contributed by atoms with Crippen LogP contribution in [0.1, 0.15) is 22.1 Å². The zero-order chi connectivity index (χ0) is 19.3. The number of morpholine rings is 1. The van der Waals surface area contributed by atoms with E-state index in [0.717, 1.165) is 18.7 Å². The van der Waals surface area contributed by atoms with Crippen molar-refractivity contribution in [2.24, 2.45) is 0 Å². The van der Waals surface area contributed by atoms with Crippen LogP contribution in [0.4, 0.5) is 4.39 Å². The molecular weight excluding hydrogens is 363 g/mol. The molecule has 3 heterocycles. The molecule has 2 N–H and O–H groups in total. The Morgan fingerprint density at radius 2 is 2.11 bits per heavy atom. The Balaban J connectivity index is 1.47. The smallest absolute Gasteiger partial charge is 0.271 e. The van der Waals surface area contributed by atoms with Crippen LogP contribution < -0.4 is 5.32 Å². The molecule has 0 bridgehead atoms. The monoisotopic (exact) mass is 384 g/mol. The summed E-state index contributed by atoms with van der Waals surface area (Å²) >= 11 is 0. The maximum absolute atomic E-state index is 13.7. The molecule has 0 radical (unpaired) electrons. The largest absolute Gasteiger partial charge is 0.463 e. The van der Waals surface area contributed by atoms with Crippen molar-refractivity contribution < 1.29 is 18.3 Å². The van der Waals surface area contributed by atoms with E-state index in [4.69, 9.17) is 9.15 Å².